The highest BCUT2D eigenvalue weighted by Gasteiger charge is 2.30. The molecule has 114 valence electrons. The number of nitrogens with zero attached hydrogens (tertiary/aromatic N) is 2. The third-order valence-corrected chi connectivity index (χ3v) is 3.87. The Balaban J connectivity index is 2.11. The smallest absolute Gasteiger partial charge is 0.245 e. The van der Waals surface area contributed by atoms with Crippen LogP contribution in [0.4, 0.5) is 0 Å². The van der Waals surface area contributed by atoms with Gasteiger partial charge in [0.05, 0.1) is 12.2 Å². The van der Waals surface area contributed by atoms with E-state index in [9.17, 15) is 9.59 Å². The molecule has 6 heteroatoms. The van der Waals surface area contributed by atoms with Crippen molar-refractivity contribution >= 4 is 27.7 Å². The topological polar surface area (TPSA) is 62.3 Å². The lowest BCUT2D eigenvalue weighted by atomic mass is 10.0. The highest BCUT2D eigenvalue weighted by Crippen LogP contribution is 2.15. The van der Waals surface area contributed by atoms with Crippen LogP contribution in [0, 0.1) is 5.92 Å². The summed E-state index contributed by atoms with van der Waals surface area (Å²) in [5, 5.41) is 2.83. The summed E-state index contributed by atoms with van der Waals surface area (Å²) in [6.07, 6.45) is 2.72. The number of carbonyl (C=O) groups excluding carboxylic acids is 2. The van der Waals surface area contributed by atoms with Crippen molar-refractivity contribution in [2.75, 3.05) is 6.54 Å². The maximum atomic E-state index is 12.6. The average molecular weight is 354 g/mol. The Morgan fingerprint density at radius 2 is 2.19 bits per heavy atom. The Labute approximate surface area is 133 Å². The van der Waals surface area contributed by atoms with Crippen LogP contribution in [0.15, 0.2) is 22.8 Å². The summed E-state index contributed by atoms with van der Waals surface area (Å²) in [7, 11) is 0. The van der Waals surface area contributed by atoms with Crippen LogP contribution in [0.2, 0.25) is 0 Å². The molecule has 1 atom stereocenters. The fourth-order valence-electron chi connectivity index (χ4n) is 2.38. The molecule has 2 amide bonds. The van der Waals surface area contributed by atoms with E-state index in [2.05, 4.69) is 26.2 Å². The first-order valence-electron chi connectivity index (χ1n) is 7.14. The number of nitrogens with one attached hydrogen (secondary N) is 1. The molecule has 1 N–H and O–H groups in total. The van der Waals surface area contributed by atoms with Crippen molar-refractivity contribution in [2.24, 2.45) is 5.92 Å². The van der Waals surface area contributed by atoms with Crippen molar-refractivity contribution in [3.05, 3.63) is 28.5 Å². The van der Waals surface area contributed by atoms with Crippen LogP contribution >= 0.6 is 15.9 Å². The molecule has 0 aromatic carbocycles. The molecule has 0 aliphatic carbocycles. The first-order valence-corrected chi connectivity index (χ1v) is 7.93. The summed E-state index contributed by atoms with van der Waals surface area (Å²) >= 11 is 3.34. The molecule has 0 bridgehead atoms. The molecule has 2 rings (SSSR count). The molecule has 1 unspecified atom stereocenters. The van der Waals surface area contributed by atoms with Gasteiger partial charge in [-0.05, 0) is 40.4 Å². The van der Waals surface area contributed by atoms with Gasteiger partial charge < -0.3 is 10.2 Å². The Bertz CT molecular complexity index is 516. The summed E-state index contributed by atoms with van der Waals surface area (Å²) in [6.45, 7) is 4.97. The number of rotatable bonds is 4. The summed E-state index contributed by atoms with van der Waals surface area (Å²) in [5.74, 6) is 0.282. The maximum absolute atomic E-state index is 12.6. The summed E-state index contributed by atoms with van der Waals surface area (Å²) in [6, 6.07) is 3.37. The predicted octanol–water partition coefficient (Wildman–Crippen LogP) is 2.11. The zero-order valence-electron chi connectivity index (χ0n) is 12.3. The van der Waals surface area contributed by atoms with Gasteiger partial charge in [-0.1, -0.05) is 13.8 Å². The molecule has 0 saturated carbocycles. The van der Waals surface area contributed by atoms with Crippen molar-refractivity contribution in [1.29, 1.82) is 0 Å². The first-order chi connectivity index (χ1) is 9.95. The number of hydrogen-bond acceptors (Lipinski definition) is 3. The van der Waals surface area contributed by atoms with Crippen LogP contribution in [-0.2, 0) is 16.1 Å². The molecular formula is C15H20BrN3O2. The molecular weight excluding hydrogens is 334 g/mol. The number of hydrogen-bond donors (Lipinski definition) is 1. The average Bonchev–Trinajstić information content (AvgIpc) is 2.54. The van der Waals surface area contributed by atoms with Gasteiger partial charge >= 0.3 is 0 Å². The van der Waals surface area contributed by atoms with Crippen LogP contribution in [0.1, 0.15) is 32.4 Å². The predicted molar refractivity (Wildman–Crippen MR) is 83.4 cm³/mol. The van der Waals surface area contributed by atoms with Gasteiger partial charge in [0.15, 0.2) is 0 Å². The van der Waals surface area contributed by atoms with E-state index in [0.29, 0.717) is 31.8 Å². The maximum Gasteiger partial charge on any atom is 0.245 e. The number of pyridine rings is 1. The Morgan fingerprint density at radius 3 is 2.81 bits per heavy atom. The summed E-state index contributed by atoms with van der Waals surface area (Å²) in [4.78, 5) is 30.3. The van der Waals surface area contributed by atoms with Crippen molar-refractivity contribution in [1.82, 2.24) is 15.2 Å². The number of aromatic nitrogens is 1. The highest BCUT2D eigenvalue weighted by atomic mass is 79.9. The summed E-state index contributed by atoms with van der Waals surface area (Å²) in [5.41, 5.74) is 0.823. The number of amides is 2. The lowest BCUT2D eigenvalue weighted by Crippen LogP contribution is -2.45. The van der Waals surface area contributed by atoms with E-state index in [0.717, 1.165) is 10.2 Å². The second-order valence-corrected chi connectivity index (χ2v) is 6.64. The van der Waals surface area contributed by atoms with Gasteiger partial charge in [-0.15, -0.1) is 0 Å². The van der Waals surface area contributed by atoms with E-state index < -0.39 is 6.04 Å². The molecule has 5 nitrogen and oxygen atoms in total. The Kier molecular flexibility index (Phi) is 5.33. The van der Waals surface area contributed by atoms with Gasteiger partial charge in [0.25, 0.3) is 0 Å². The molecule has 0 radical (unpaired) electrons. The van der Waals surface area contributed by atoms with Gasteiger partial charge in [0.2, 0.25) is 11.8 Å². The van der Waals surface area contributed by atoms with Gasteiger partial charge in [0, 0.05) is 23.6 Å². The molecule has 21 heavy (non-hydrogen) atoms. The van der Waals surface area contributed by atoms with Crippen molar-refractivity contribution in [3.8, 4) is 0 Å². The van der Waals surface area contributed by atoms with Crippen LogP contribution in [0.5, 0.6) is 0 Å². The van der Waals surface area contributed by atoms with Crippen LogP contribution in [0.3, 0.4) is 0 Å². The zero-order valence-corrected chi connectivity index (χ0v) is 13.9. The van der Waals surface area contributed by atoms with Crippen LogP contribution in [0.25, 0.3) is 0 Å². The quantitative estimate of drug-likeness (QED) is 0.901. The molecule has 1 aromatic heterocycles. The minimum absolute atomic E-state index is 0.0146. The molecule has 1 aliphatic heterocycles. The van der Waals surface area contributed by atoms with Crippen molar-refractivity contribution in [2.45, 2.75) is 39.3 Å². The second kappa shape index (κ2) is 7.02. The third-order valence-electron chi connectivity index (χ3n) is 3.40. The van der Waals surface area contributed by atoms with E-state index in [4.69, 9.17) is 0 Å². The summed E-state index contributed by atoms with van der Waals surface area (Å²) < 4.78 is 0.906. The lowest BCUT2D eigenvalue weighted by Gasteiger charge is -2.24. The van der Waals surface area contributed by atoms with Crippen molar-refractivity contribution in [3.63, 3.8) is 0 Å². The molecule has 1 fully saturated rings. The molecule has 2 heterocycles. The Morgan fingerprint density at radius 1 is 1.43 bits per heavy atom. The Hall–Kier alpha value is -1.43. The van der Waals surface area contributed by atoms with Gasteiger partial charge in [-0.2, -0.15) is 0 Å². The number of carbonyl (C=O) groups is 2. The van der Waals surface area contributed by atoms with E-state index >= 15 is 0 Å². The SMILES string of the molecule is CC(C)CC1NC(=O)CCN(Cc2ccc(Br)cn2)C1=O. The van der Waals surface area contributed by atoms with Gasteiger partial charge in [-0.3, -0.25) is 14.6 Å². The van der Waals surface area contributed by atoms with Crippen molar-refractivity contribution < 1.29 is 9.59 Å². The fraction of sp³-hybridized carbons (Fsp3) is 0.533. The van der Waals surface area contributed by atoms with Gasteiger partial charge in [0.1, 0.15) is 6.04 Å². The molecule has 0 spiro atoms. The van der Waals surface area contributed by atoms with E-state index in [-0.39, 0.29) is 11.8 Å². The normalized spacial score (nSPS) is 19.6. The lowest BCUT2D eigenvalue weighted by molar-refractivity contribution is -0.134. The van der Waals surface area contributed by atoms with Gasteiger partial charge in [-0.25, -0.2) is 0 Å². The first kappa shape index (κ1) is 15.9. The third kappa shape index (κ3) is 4.52. The zero-order chi connectivity index (χ0) is 15.4. The highest BCUT2D eigenvalue weighted by molar-refractivity contribution is 9.10. The second-order valence-electron chi connectivity index (χ2n) is 5.73. The molecule has 1 saturated heterocycles. The monoisotopic (exact) mass is 353 g/mol. The fourth-order valence-corrected chi connectivity index (χ4v) is 2.61. The van der Waals surface area contributed by atoms with Crippen LogP contribution < -0.4 is 5.32 Å². The largest absolute Gasteiger partial charge is 0.344 e. The standard InChI is InChI=1S/C15H20BrN3O2/c1-10(2)7-13-15(21)19(6-5-14(20)18-13)9-12-4-3-11(16)8-17-12/h3-4,8,10,13H,5-7,9H2,1-2H3,(H,18,20). The van der Waals surface area contributed by atoms with E-state index in [1.165, 1.54) is 0 Å². The number of halogens is 1. The minimum atomic E-state index is -0.421. The van der Waals surface area contributed by atoms with E-state index in [1.807, 2.05) is 26.0 Å². The molecule has 1 aromatic rings. The van der Waals surface area contributed by atoms with E-state index in [1.54, 1.807) is 11.1 Å². The minimum Gasteiger partial charge on any atom is -0.344 e. The molecule has 1 aliphatic rings. The van der Waals surface area contributed by atoms with Crippen LogP contribution in [-0.4, -0.2) is 34.3 Å².